The minimum absolute atomic E-state index is 0.143. The van der Waals surface area contributed by atoms with Crippen LogP contribution >= 0.6 is 46.4 Å². The van der Waals surface area contributed by atoms with Crippen molar-refractivity contribution < 1.29 is 36.6 Å². The van der Waals surface area contributed by atoms with Gasteiger partial charge in [-0.2, -0.15) is 26.3 Å². The number of fused-ring (bicyclic) bond motifs is 2. The lowest BCUT2D eigenvalue weighted by atomic mass is 9.99. The molecule has 0 spiro atoms. The first-order valence-electron chi connectivity index (χ1n) is 10.5. The fraction of sp³-hybridized carbons (Fsp3) is 0.208. The number of aromatic amines is 2. The Bertz CT molecular complexity index is 1590. The van der Waals surface area contributed by atoms with Crippen LogP contribution in [0.3, 0.4) is 0 Å². The third-order valence-electron chi connectivity index (χ3n) is 5.37. The van der Waals surface area contributed by atoms with E-state index < -0.39 is 41.6 Å². The fourth-order valence-corrected chi connectivity index (χ4v) is 3.93. The molecule has 0 bridgehead atoms. The van der Waals surface area contributed by atoms with Crippen molar-refractivity contribution in [2.24, 2.45) is 0 Å². The SMILES string of the molecule is C#CCC(O)(c1nc2cc(Cl)c(Cl)cc2[nH]1)C(F)(F)F.C=C=CC(O)(c1nc2cc(Cl)c(Cl)cc2[nH]1)C(F)(F)F. The molecule has 0 aliphatic rings. The Labute approximate surface area is 241 Å². The molecule has 212 valence electrons. The van der Waals surface area contributed by atoms with E-state index in [1.165, 1.54) is 24.3 Å². The number of aromatic nitrogens is 4. The Hall–Kier alpha value is -2.88. The third kappa shape index (κ3) is 5.92. The zero-order chi connectivity index (χ0) is 30.3. The van der Waals surface area contributed by atoms with Crippen molar-refractivity contribution in [1.29, 1.82) is 0 Å². The van der Waals surface area contributed by atoms with Crippen molar-refractivity contribution in [3.8, 4) is 12.3 Å². The Balaban J connectivity index is 0.000000220. The predicted molar refractivity (Wildman–Crippen MR) is 139 cm³/mol. The number of aliphatic hydroxyl groups is 2. The van der Waals surface area contributed by atoms with E-state index in [4.69, 9.17) is 52.8 Å². The van der Waals surface area contributed by atoms with Crippen LogP contribution in [-0.4, -0.2) is 42.5 Å². The second-order valence-electron chi connectivity index (χ2n) is 8.09. The van der Waals surface area contributed by atoms with Crippen molar-refractivity contribution in [3.05, 3.63) is 74.4 Å². The van der Waals surface area contributed by atoms with E-state index in [0.717, 1.165) is 0 Å². The van der Waals surface area contributed by atoms with Crippen molar-refractivity contribution in [2.75, 3.05) is 0 Å². The molecule has 0 aliphatic carbocycles. The number of imidazole rings is 2. The number of halogens is 10. The fourth-order valence-electron chi connectivity index (χ4n) is 3.28. The van der Waals surface area contributed by atoms with Gasteiger partial charge in [0.15, 0.2) is 5.82 Å². The summed E-state index contributed by atoms with van der Waals surface area (Å²) >= 11 is 23.1. The number of alkyl halides is 6. The number of nitrogens with one attached hydrogen (secondary N) is 2. The zero-order valence-corrected chi connectivity index (χ0v) is 22.5. The standard InChI is InChI=1S/2C12H7Cl2F3N2O/c2*1-2-3-11(20,12(15,16)17)10-18-8-4-6(13)7(14)5-9(8)19-10/h3-5,20H,1H2,(H,18,19);1,4-5,20H,3H2,(H,18,19). The second kappa shape index (κ2) is 11.2. The minimum atomic E-state index is -4.99. The second-order valence-corrected chi connectivity index (χ2v) is 9.72. The molecule has 0 saturated carbocycles. The lowest BCUT2D eigenvalue weighted by Gasteiger charge is -2.26. The van der Waals surface area contributed by atoms with Gasteiger partial charge in [0.2, 0.25) is 11.2 Å². The summed E-state index contributed by atoms with van der Waals surface area (Å²) < 4.78 is 78.0. The molecule has 4 rings (SSSR count). The molecule has 4 aromatic rings. The number of terminal acetylenes is 1. The van der Waals surface area contributed by atoms with Crippen molar-refractivity contribution in [1.82, 2.24) is 19.9 Å². The first-order chi connectivity index (χ1) is 18.4. The molecule has 0 radical (unpaired) electrons. The van der Waals surface area contributed by atoms with E-state index in [0.29, 0.717) is 6.08 Å². The van der Waals surface area contributed by atoms with Gasteiger partial charge < -0.3 is 20.2 Å². The molecule has 40 heavy (non-hydrogen) atoms. The van der Waals surface area contributed by atoms with Crippen molar-refractivity contribution in [2.45, 2.75) is 30.0 Å². The highest BCUT2D eigenvalue weighted by Gasteiger charge is 2.57. The molecule has 16 heteroatoms. The van der Waals surface area contributed by atoms with E-state index in [9.17, 15) is 36.6 Å². The van der Waals surface area contributed by atoms with Crippen LogP contribution in [0.5, 0.6) is 0 Å². The van der Waals surface area contributed by atoms with Crippen LogP contribution in [0.1, 0.15) is 18.1 Å². The van der Waals surface area contributed by atoms with Crippen molar-refractivity contribution in [3.63, 3.8) is 0 Å². The average molecular weight is 646 g/mol. The smallest absolute Gasteiger partial charge is 0.373 e. The van der Waals surface area contributed by atoms with E-state index in [2.05, 4.69) is 26.5 Å². The summed E-state index contributed by atoms with van der Waals surface area (Å²) in [5, 5.41) is 20.2. The largest absolute Gasteiger partial charge is 0.428 e. The van der Waals surface area contributed by atoms with Gasteiger partial charge in [-0.05, 0) is 24.3 Å². The monoisotopic (exact) mass is 644 g/mol. The maximum Gasteiger partial charge on any atom is 0.428 e. The number of rotatable bonds is 4. The van der Waals surface area contributed by atoms with Crippen LogP contribution < -0.4 is 0 Å². The van der Waals surface area contributed by atoms with Gasteiger partial charge in [0.05, 0.1) is 48.6 Å². The summed E-state index contributed by atoms with van der Waals surface area (Å²) in [5.41, 5.74) is -3.91. The molecule has 4 N–H and O–H groups in total. The maximum atomic E-state index is 13.0. The lowest BCUT2D eigenvalue weighted by molar-refractivity contribution is -0.267. The van der Waals surface area contributed by atoms with Crippen LogP contribution in [-0.2, 0) is 11.2 Å². The highest BCUT2D eigenvalue weighted by molar-refractivity contribution is 6.43. The zero-order valence-electron chi connectivity index (χ0n) is 19.4. The van der Waals surface area contributed by atoms with E-state index >= 15 is 0 Å². The topological polar surface area (TPSA) is 97.8 Å². The number of nitrogens with zero attached hydrogens (tertiary/aromatic N) is 2. The Kier molecular flexibility index (Phi) is 8.85. The van der Waals surface area contributed by atoms with Gasteiger partial charge in [0.1, 0.15) is 5.82 Å². The highest BCUT2D eigenvalue weighted by atomic mass is 35.5. The number of hydrogen-bond acceptors (Lipinski definition) is 4. The van der Waals surface area contributed by atoms with Crippen LogP contribution in [0, 0.1) is 12.3 Å². The first kappa shape index (κ1) is 31.6. The average Bonchev–Trinajstić information content (AvgIpc) is 3.43. The molecule has 2 aromatic heterocycles. The molecular weight excluding hydrogens is 632 g/mol. The quantitative estimate of drug-likeness (QED) is 0.104. The predicted octanol–water partition coefficient (Wildman–Crippen LogP) is 7.60. The van der Waals surface area contributed by atoms with Crippen LogP contribution in [0.25, 0.3) is 22.1 Å². The Morgan fingerprint density at radius 3 is 1.62 bits per heavy atom. The molecule has 2 aromatic carbocycles. The summed E-state index contributed by atoms with van der Waals surface area (Å²) in [7, 11) is 0. The molecule has 0 saturated heterocycles. The Morgan fingerprint density at radius 2 is 1.23 bits per heavy atom. The third-order valence-corrected chi connectivity index (χ3v) is 6.81. The van der Waals surface area contributed by atoms with Gasteiger partial charge >= 0.3 is 12.4 Å². The van der Waals surface area contributed by atoms with Gasteiger partial charge in [-0.15, -0.1) is 18.1 Å². The van der Waals surface area contributed by atoms with Gasteiger partial charge in [-0.3, -0.25) is 0 Å². The minimum Gasteiger partial charge on any atom is -0.373 e. The van der Waals surface area contributed by atoms with E-state index in [1.54, 1.807) is 5.92 Å². The summed E-state index contributed by atoms with van der Waals surface area (Å²) in [6.45, 7) is 3.04. The summed E-state index contributed by atoms with van der Waals surface area (Å²) in [6, 6.07) is 5.24. The normalized spacial score (nSPS) is 15.0. The summed E-state index contributed by atoms with van der Waals surface area (Å²) in [4.78, 5) is 12.2. The van der Waals surface area contributed by atoms with Gasteiger partial charge in [-0.25, -0.2) is 9.97 Å². The lowest BCUT2D eigenvalue weighted by Crippen LogP contribution is -2.43. The molecule has 2 unspecified atom stereocenters. The first-order valence-corrected chi connectivity index (χ1v) is 12.0. The molecule has 0 fully saturated rings. The molecule has 0 amide bonds. The Morgan fingerprint density at radius 1 is 0.800 bits per heavy atom. The number of H-pyrrole nitrogens is 2. The van der Waals surface area contributed by atoms with Crippen molar-refractivity contribution >= 4 is 68.5 Å². The summed E-state index contributed by atoms with van der Waals surface area (Å²) in [6.07, 6.45) is -5.64. The molecule has 2 atom stereocenters. The molecule has 0 aliphatic heterocycles. The number of hydrogen-bond donors (Lipinski definition) is 4. The van der Waals surface area contributed by atoms with E-state index in [-0.39, 0.29) is 42.2 Å². The summed E-state index contributed by atoms with van der Waals surface area (Å²) in [5.74, 6) is 0.387. The van der Waals surface area contributed by atoms with Crippen LogP contribution in [0.2, 0.25) is 20.1 Å². The molecule has 6 nitrogen and oxygen atoms in total. The number of benzene rings is 2. The van der Waals surface area contributed by atoms with E-state index in [1.807, 2.05) is 5.73 Å². The van der Waals surface area contributed by atoms with Gasteiger partial charge in [0.25, 0.3) is 0 Å². The van der Waals surface area contributed by atoms with Crippen LogP contribution in [0.15, 0.2) is 42.7 Å². The maximum absolute atomic E-state index is 13.0. The molecule has 2 heterocycles. The van der Waals surface area contributed by atoms with Gasteiger partial charge in [0, 0.05) is 6.08 Å². The van der Waals surface area contributed by atoms with Crippen LogP contribution in [0.4, 0.5) is 26.3 Å². The van der Waals surface area contributed by atoms with Gasteiger partial charge in [-0.1, -0.05) is 53.0 Å². The molecular formula is C24H14Cl4F6N4O2. The highest BCUT2D eigenvalue weighted by Crippen LogP contribution is 2.42.